The average molecular weight is 551 g/mol. The van der Waals surface area contributed by atoms with Gasteiger partial charge < -0.3 is 14.8 Å². The lowest BCUT2D eigenvalue weighted by Gasteiger charge is -2.31. The SMILES string of the molecule is CC(C)(C)OC(=O)N(C(=O)OC(C)(C)C)C1=N[C@](C)(c2cc(NC(=O)c3ccc(C#N)cn3)ccn2)C=CS1. The molecule has 1 aliphatic rings. The van der Waals surface area contributed by atoms with Crippen LogP contribution in [0, 0.1) is 11.3 Å². The van der Waals surface area contributed by atoms with Crippen molar-refractivity contribution in [2.45, 2.75) is 65.2 Å². The third-order valence-corrected chi connectivity index (χ3v) is 5.66. The first-order valence-corrected chi connectivity index (χ1v) is 12.8. The van der Waals surface area contributed by atoms with E-state index in [1.165, 1.54) is 24.5 Å². The molecule has 204 valence electrons. The van der Waals surface area contributed by atoms with Crippen molar-refractivity contribution in [3.8, 4) is 6.07 Å². The molecule has 11 nitrogen and oxygen atoms in total. The monoisotopic (exact) mass is 550 g/mol. The molecule has 0 aliphatic carbocycles. The summed E-state index contributed by atoms with van der Waals surface area (Å²) < 4.78 is 10.9. The van der Waals surface area contributed by atoms with Gasteiger partial charge in [0.15, 0.2) is 5.17 Å². The maximum atomic E-state index is 13.1. The second-order valence-electron chi connectivity index (χ2n) is 10.7. The lowest BCUT2D eigenvalue weighted by molar-refractivity contribution is 0.0151. The number of anilines is 1. The summed E-state index contributed by atoms with van der Waals surface area (Å²) in [5.41, 5.74) is -1.49. The van der Waals surface area contributed by atoms with Gasteiger partial charge in [0.25, 0.3) is 5.91 Å². The van der Waals surface area contributed by atoms with Crippen LogP contribution >= 0.6 is 11.8 Å². The molecule has 1 atom stereocenters. The minimum Gasteiger partial charge on any atom is -0.443 e. The molecule has 1 N–H and O–H groups in total. The molecule has 39 heavy (non-hydrogen) atoms. The molecule has 3 rings (SSSR count). The molecule has 0 aromatic carbocycles. The van der Waals surface area contributed by atoms with Crippen molar-refractivity contribution in [1.29, 1.82) is 5.26 Å². The molecule has 3 heterocycles. The van der Waals surface area contributed by atoms with Gasteiger partial charge in [-0.1, -0.05) is 11.8 Å². The first kappa shape index (κ1) is 29.3. The van der Waals surface area contributed by atoms with Gasteiger partial charge in [0, 0.05) is 18.1 Å². The molecule has 1 aliphatic heterocycles. The number of thioether (sulfide) groups is 1. The number of aliphatic imine (C=N–C) groups is 1. The lowest BCUT2D eigenvalue weighted by Crippen LogP contribution is -2.47. The summed E-state index contributed by atoms with van der Waals surface area (Å²) in [6.45, 7) is 11.9. The van der Waals surface area contributed by atoms with E-state index in [4.69, 9.17) is 14.7 Å². The van der Waals surface area contributed by atoms with Gasteiger partial charge in [-0.25, -0.2) is 19.6 Å². The van der Waals surface area contributed by atoms with E-state index in [1.807, 2.05) is 6.07 Å². The van der Waals surface area contributed by atoms with E-state index in [9.17, 15) is 14.4 Å². The van der Waals surface area contributed by atoms with Crippen LogP contribution in [0.4, 0.5) is 15.3 Å². The van der Waals surface area contributed by atoms with Gasteiger partial charge in [-0.15, -0.1) is 0 Å². The van der Waals surface area contributed by atoms with Gasteiger partial charge >= 0.3 is 12.2 Å². The number of carbonyl (C=O) groups is 3. The van der Waals surface area contributed by atoms with Gasteiger partial charge in [0.1, 0.15) is 28.5 Å². The zero-order valence-electron chi connectivity index (χ0n) is 22.8. The van der Waals surface area contributed by atoms with Crippen LogP contribution in [-0.2, 0) is 15.0 Å². The van der Waals surface area contributed by atoms with E-state index in [2.05, 4.69) is 20.3 Å². The van der Waals surface area contributed by atoms with Gasteiger partial charge in [-0.05, 0) is 84.2 Å². The van der Waals surface area contributed by atoms with Crippen molar-refractivity contribution in [1.82, 2.24) is 14.9 Å². The van der Waals surface area contributed by atoms with Crippen molar-refractivity contribution < 1.29 is 23.9 Å². The van der Waals surface area contributed by atoms with Crippen LogP contribution in [0.1, 0.15) is 70.2 Å². The fraction of sp³-hybridized carbons (Fsp3) is 0.370. The Kier molecular flexibility index (Phi) is 8.45. The first-order valence-electron chi connectivity index (χ1n) is 11.9. The number of nitrogens with one attached hydrogen (secondary N) is 1. The summed E-state index contributed by atoms with van der Waals surface area (Å²) in [4.78, 5) is 52.7. The van der Waals surface area contributed by atoms with Crippen LogP contribution in [0.15, 0.2) is 53.1 Å². The fourth-order valence-corrected chi connectivity index (χ4v) is 4.11. The van der Waals surface area contributed by atoms with Crippen LogP contribution in [0.2, 0.25) is 0 Å². The normalized spacial score (nSPS) is 16.9. The van der Waals surface area contributed by atoms with E-state index in [0.717, 1.165) is 16.7 Å². The fourth-order valence-electron chi connectivity index (χ4n) is 3.16. The maximum absolute atomic E-state index is 13.1. The van der Waals surface area contributed by atoms with Crippen molar-refractivity contribution in [3.63, 3.8) is 0 Å². The molecule has 2 aromatic rings. The highest BCUT2D eigenvalue weighted by Crippen LogP contribution is 2.35. The zero-order valence-corrected chi connectivity index (χ0v) is 23.6. The number of hydrogen-bond donors (Lipinski definition) is 1. The lowest BCUT2D eigenvalue weighted by atomic mass is 9.98. The Morgan fingerprint density at radius 3 is 2.21 bits per heavy atom. The Labute approximate surface area is 231 Å². The third-order valence-electron chi connectivity index (χ3n) is 4.90. The van der Waals surface area contributed by atoms with Crippen molar-refractivity contribution in [2.24, 2.45) is 4.99 Å². The topological polar surface area (TPSA) is 147 Å². The van der Waals surface area contributed by atoms with Crippen molar-refractivity contribution in [3.05, 3.63) is 65.1 Å². The molecule has 2 aromatic heterocycles. The molecule has 0 saturated heterocycles. The Bertz CT molecular complexity index is 1340. The first-order chi connectivity index (χ1) is 18.1. The molecule has 0 radical (unpaired) electrons. The standard InChI is InChI=1S/C27H30N6O5S/c1-25(2,3)37-23(35)33(24(36)38-26(4,5)6)22-32-27(7,11-13-39-22)20-14-18(10-12-29-20)31-21(34)19-9-8-17(15-28)16-30-19/h8-14,16H,1-7H3,(H,29,31,34)/t27-/m0/s1. The van der Waals surface area contributed by atoms with E-state index in [1.54, 1.807) is 72.1 Å². The number of pyridine rings is 2. The van der Waals surface area contributed by atoms with E-state index < -0.39 is 34.8 Å². The number of aromatic nitrogens is 2. The number of hydrogen-bond acceptors (Lipinski definition) is 10. The van der Waals surface area contributed by atoms with Crippen LogP contribution in [-0.4, -0.2) is 49.3 Å². The number of rotatable bonds is 3. The van der Waals surface area contributed by atoms with E-state index in [-0.39, 0.29) is 10.9 Å². The molecule has 0 spiro atoms. The minimum atomic E-state index is -1.10. The zero-order chi connectivity index (χ0) is 29.0. The van der Waals surface area contributed by atoms with Crippen LogP contribution in [0.25, 0.3) is 0 Å². The van der Waals surface area contributed by atoms with Crippen LogP contribution in [0.5, 0.6) is 0 Å². The number of nitriles is 1. The Morgan fingerprint density at radius 1 is 1.03 bits per heavy atom. The van der Waals surface area contributed by atoms with Gasteiger partial charge in [0.2, 0.25) is 0 Å². The number of imide groups is 1. The summed E-state index contributed by atoms with van der Waals surface area (Å²) in [5.74, 6) is -0.471. The van der Waals surface area contributed by atoms with E-state index >= 15 is 0 Å². The molecule has 12 heteroatoms. The second kappa shape index (κ2) is 11.2. The molecule has 0 saturated carbocycles. The molecule has 3 amide bonds. The minimum absolute atomic E-state index is 0.0431. The highest BCUT2D eigenvalue weighted by molar-refractivity contribution is 8.16. The average Bonchev–Trinajstić information content (AvgIpc) is 2.82. The van der Waals surface area contributed by atoms with Gasteiger partial charge in [0.05, 0.1) is 11.3 Å². The largest absolute Gasteiger partial charge is 0.443 e. The van der Waals surface area contributed by atoms with Crippen molar-refractivity contribution >= 4 is 40.7 Å². The van der Waals surface area contributed by atoms with Crippen LogP contribution < -0.4 is 5.32 Å². The van der Waals surface area contributed by atoms with Crippen LogP contribution in [0.3, 0.4) is 0 Å². The highest BCUT2D eigenvalue weighted by atomic mass is 32.2. The summed E-state index contributed by atoms with van der Waals surface area (Å²) in [7, 11) is 0. The van der Waals surface area contributed by atoms with Crippen molar-refractivity contribution in [2.75, 3.05) is 5.32 Å². The summed E-state index contributed by atoms with van der Waals surface area (Å²) in [5, 5.41) is 13.4. The number of carbonyl (C=O) groups excluding carboxylic acids is 3. The molecular formula is C27H30N6O5S. The molecule has 0 unspecified atom stereocenters. The summed E-state index contributed by atoms with van der Waals surface area (Å²) in [6, 6.07) is 8.15. The predicted molar refractivity (Wildman–Crippen MR) is 147 cm³/mol. The number of ether oxygens (including phenoxy) is 2. The Morgan fingerprint density at radius 2 is 1.67 bits per heavy atom. The smallest absolute Gasteiger partial charge is 0.426 e. The highest BCUT2D eigenvalue weighted by Gasteiger charge is 2.38. The second-order valence-corrected chi connectivity index (χ2v) is 11.6. The Balaban J connectivity index is 1.92. The third kappa shape index (κ3) is 7.87. The molecule has 0 fully saturated rings. The molecule has 0 bridgehead atoms. The van der Waals surface area contributed by atoms with Gasteiger partial charge in [-0.3, -0.25) is 9.78 Å². The molecular weight excluding hydrogens is 520 g/mol. The quantitative estimate of drug-likeness (QED) is 0.515. The number of amides is 3. The number of nitrogens with zero attached hydrogens (tertiary/aromatic N) is 5. The number of amidine groups is 1. The Hall–Kier alpha value is -4.24. The summed E-state index contributed by atoms with van der Waals surface area (Å²) in [6.07, 6.45) is 2.73. The maximum Gasteiger partial charge on any atom is 0.426 e. The van der Waals surface area contributed by atoms with Gasteiger partial charge in [-0.2, -0.15) is 10.2 Å². The van der Waals surface area contributed by atoms with E-state index in [0.29, 0.717) is 16.9 Å². The predicted octanol–water partition coefficient (Wildman–Crippen LogP) is 5.60. The summed E-state index contributed by atoms with van der Waals surface area (Å²) >= 11 is 1.06.